The van der Waals surface area contributed by atoms with Crippen molar-refractivity contribution >= 4 is 23.2 Å². The van der Waals surface area contributed by atoms with Gasteiger partial charge in [-0.25, -0.2) is 4.68 Å². The molecule has 0 saturated heterocycles. The molecule has 11 heteroatoms. The molecule has 11 nitrogen and oxygen atoms in total. The van der Waals surface area contributed by atoms with Gasteiger partial charge in [0.05, 0.1) is 30.3 Å². The minimum atomic E-state index is -0.844. The van der Waals surface area contributed by atoms with Crippen LogP contribution >= 0.6 is 0 Å². The third-order valence-electron chi connectivity index (χ3n) is 7.16. The van der Waals surface area contributed by atoms with Gasteiger partial charge in [0.15, 0.2) is 0 Å². The summed E-state index contributed by atoms with van der Waals surface area (Å²) in [5.74, 6) is -0.0249. The van der Waals surface area contributed by atoms with Crippen molar-refractivity contribution in [3.8, 4) is 17.0 Å². The molecule has 2 amide bonds. The fraction of sp³-hybridized carbons (Fsp3) is 0.152. The SMILES string of the molecule is COc1ccc(N(C)C(=O)[C@H](Cc2ccccc2)NC(=O)c2cccc(-c3cn(Cc4ccccc4[N+](=O)[O-])nn3)c2)cc1. The number of aromatic nitrogens is 3. The van der Waals surface area contributed by atoms with E-state index in [1.165, 1.54) is 15.6 Å². The summed E-state index contributed by atoms with van der Waals surface area (Å²) in [5, 5.41) is 22.7. The summed E-state index contributed by atoms with van der Waals surface area (Å²) >= 11 is 0. The van der Waals surface area contributed by atoms with Gasteiger partial charge < -0.3 is 15.0 Å². The first-order valence-electron chi connectivity index (χ1n) is 13.8. The number of nitrogens with one attached hydrogen (secondary N) is 1. The molecule has 5 rings (SSSR count). The Labute approximate surface area is 253 Å². The van der Waals surface area contributed by atoms with Crippen LogP contribution in [0.25, 0.3) is 11.3 Å². The van der Waals surface area contributed by atoms with Gasteiger partial charge in [-0.3, -0.25) is 19.7 Å². The molecule has 4 aromatic carbocycles. The van der Waals surface area contributed by atoms with E-state index in [-0.39, 0.29) is 18.1 Å². The highest BCUT2D eigenvalue weighted by Gasteiger charge is 2.26. The third-order valence-corrected chi connectivity index (χ3v) is 7.16. The van der Waals surface area contributed by atoms with Gasteiger partial charge in [-0.1, -0.05) is 65.9 Å². The third kappa shape index (κ3) is 6.96. The fourth-order valence-electron chi connectivity index (χ4n) is 4.78. The van der Waals surface area contributed by atoms with E-state index in [1.54, 1.807) is 87.1 Å². The van der Waals surface area contributed by atoms with Crippen LogP contribution in [0.1, 0.15) is 21.5 Å². The number of nitro groups is 1. The molecule has 0 unspecified atom stereocenters. The normalized spacial score (nSPS) is 11.4. The Morgan fingerprint density at radius 1 is 0.977 bits per heavy atom. The van der Waals surface area contributed by atoms with E-state index < -0.39 is 16.9 Å². The second-order valence-electron chi connectivity index (χ2n) is 10.1. The number of benzene rings is 4. The zero-order valence-corrected chi connectivity index (χ0v) is 24.2. The Bertz CT molecular complexity index is 1770. The van der Waals surface area contributed by atoms with Gasteiger partial charge in [0.1, 0.15) is 17.5 Å². The minimum absolute atomic E-state index is 0.000424. The summed E-state index contributed by atoms with van der Waals surface area (Å²) in [6.45, 7) is 0.162. The van der Waals surface area contributed by atoms with Gasteiger partial charge >= 0.3 is 0 Å². The summed E-state index contributed by atoms with van der Waals surface area (Å²) < 4.78 is 6.73. The summed E-state index contributed by atoms with van der Waals surface area (Å²) in [7, 11) is 3.24. The number of likely N-dealkylation sites (N-methyl/N-ethyl adjacent to an activating group) is 1. The Morgan fingerprint density at radius 2 is 1.70 bits per heavy atom. The highest BCUT2D eigenvalue weighted by molar-refractivity contribution is 6.02. The first-order valence-corrected chi connectivity index (χ1v) is 13.8. The number of methoxy groups -OCH3 is 1. The molecule has 222 valence electrons. The van der Waals surface area contributed by atoms with E-state index in [0.29, 0.717) is 40.2 Å². The molecule has 0 saturated carbocycles. The molecule has 1 aromatic heterocycles. The molecule has 0 aliphatic rings. The van der Waals surface area contributed by atoms with Gasteiger partial charge in [0.2, 0.25) is 5.91 Å². The maximum absolute atomic E-state index is 13.7. The van der Waals surface area contributed by atoms with Crippen molar-refractivity contribution in [2.45, 2.75) is 19.0 Å². The van der Waals surface area contributed by atoms with Gasteiger partial charge in [-0.15, -0.1) is 5.10 Å². The van der Waals surface area contributed by atoms with Crippen molar-refractivity contribution in [3.05, 3.63) is 136 Å². The number of nitro benzene ring substituents is 1. The predicted molar refractivity (Wildman–Crippen MR) is 165 cm³/mol. The Morgan fingerprint density at radius 3 is 2.43 bits per heavy atom. The number of carbonyl (C=O) groups excluding carboxylic acids is 2. The molecule has 0 spiro atoms. The predicted octanol–water partition coefficient (Wildman–Crippen LogP) is 4.91. The Hall–Kier alpha value is -5.84. The highest BCUT2D eigenvalue weighted by atomic mass is 16.6. The van der Waals surface area contributed by atoms with Crippen molar-refractivity contribution in [1.82, 2.24) is 20.3 Å². The lowest BCUT2D eigenvalue weighted by Gasteiger charge is -2.25. The van der Waals surface area contributed by atoms with E-state index in [9.17, 15) is 19.7 Å². The van der Waals surface area contributed by atoms with Crippen molar-refractivity contribution in [1.29, 1.82) is 0 Å². The van der Waals surface area contributed by atoms with Crippen LogP contribution in [0, 0.1) is 10.1 Å². The minimum Gasteiger partial charge on any atom is -0.497 e. The van der Waals surface area contributed by atoms with E-state index in [0.717, 1.165) is 5.56 Å². The quantitative estimate of drug-likeness (QED) is 0.171. The van der Waals surface area contributed by atoms with Crippen LogP contribution in [-0.2, 0) is 17.8 Å². The average molecular weight is 591 g/mol. The summed E-state index contributed by atoms with van der Waals surface area (Å²) in [5.41, 5.74) is 3.53. The fourth-order valence-corrected chi connectivity index (χ4v) is 4.78. The van der Waals surface area contributed by atoms with Gasteiger partial charge in [0.25, 0.3) is 11.6 Å². The molecule has 0 aliphatic carbocycles. The lowest BCUT2D eigenvalue weighted by Crippen LogP contribution is -2.48. The van der Waals surface area contributed by atoms with E-state index in [4.69, 9.17) is 4.74 Å². The van der Waals surface area contributed by atoms with Crippen molar-refractivity contribution in [2.24, 2.45) is 0 Å². The Balaban J connectivity index is 1.35. The smallest absolute Gasteiger partial charge is 0.274 e. The largest absolute Gasteiger partial charge is 0.497 e. The molecular weight excluding hydrogens is 560 g/mol. The van der Waals surface area contributed by atoms with Crippen molar-refractivity contribution in [3.63, 3.8) is 0 Å². The maximum atomic E-state index is 13.7. The number of carbonyl (C=O) groups is 2. The highest BCUT2D eigenvalue weighted by Crippen LogP contribution is 2.22. The first kappa shape index (κ1) is 29.6. The number of ether oxygens (including phenoxy) is 1. The van der Waals surface area contributed by atoms with Crippen LogP contribution in [0.3, 0.4) is 0 Å². The number of rotatable bonds is 11. The summed E-state index contributed by atoms with van der Waals surface area (Å²) in [6.07, 6.45) is 1.96. The molecule has 1 heterocycles. The molecule has 0 aliphatic heterocycles. The molecule has 5 aromatic rings. The molecule has 0 fully saturated rings. The average Bonchev–Trinajstić information content (AvgIpc) is 3.53. The second-order valence-corrected chi connectivity index (χ2v) is 10.1. The molecule has 44 heavy (non-hydrogen) atoms. The zero-order chi connectivity index (χ0) is 31.1. The zero-order valence-electron chi connectivity index (χ0n) is 24.2. The standard InChI is InChI=1S/C33H30N6O5/c1-37(27-15-17-28(44-2)18-16-27)33(41)29(19-23-9-4-3-5-10-23)34-32(40)25-13-8-12-24(20-25)30-22-38(36-35-30)21-26-11-6-7-14-31(26)39(42)43/h3-18,20,22,29H,19,21H2,1-2H3,(H,34,40)/t29-/m0/s1. The number of amides is 2. The van der Waals surface area contributed by atoms with Crippen LogP contribution in [-0.4, -0.2) is 51.9 Å². The van der Waals surface area contributed by atoms with Crippen LogP contribution < -0.4 is 15.0 Å². The van der Waals surface area contributed by atoms with E-state index >= 15 is 0 Å². The Kier molecular flexibility index (Phi) is 9.05. The van der Waals surface area contributed by atoms with Crippen LogP contribution in [0.4, 0.5) is 11.4 Å². The molecule has 1 N–H and O–H groups in total. The van der Waals surface area contributed by atoms with Crippen molar-refractivity contribution in [2.75, 3.05) is 19.1 Å². The number of para-hydroxylation sites is 1. The monoisotopic (exact) mass is 590 g/mol. The van der Waals surface area contributed by atoms with Crippen LogP contribution in [0.15, 0.2) is 109 Å². The molecule has 1 atom stereocenters. The van der Waals surface area contributed by atoms with E-state index in [1.807, 2.05) is 30.3 Å². The number of hydrogen-bond donors (Lipinski definition) is 1. The van der Waals surface area contributed by atoms with Crippen LogP contribution in [0.5, 0.6) is 5.75 Å². The second kappa shape index (κ2) is 13.4. The number of hydrogen-bond acceptors (Lipinski definition) is 7. The topological polar surface area (TPSA) is 132 Å². The van der Waals surface area contributed by atoms with Crippen LogP contribution in [0.2, 0.25) is 0 Å². The molecular formula is C33H30N6O5. The summed E-state index contributed by atoms with van der Waals surface area (Å²) in [4.78, 5) is 39.7. The molecule has 0 bridgehead atoms. The maximum Gasteiger partial charge on any atom is 0.274 e. The van der Waals surface area contributed by atoms with Gasteiger partial charge in [0, 0.05) is 36.3 Å². The molecule has 0 radical (unpaired) electrons. The van der Waals surface area contributed by atoms with Gasteiger partial charge in [-0.2, -0.15) is 0 Å². The lowest BCUT2D eigenvalue weighted by atomic mass is 10.0. The van der Waals surface area contributed by atoms with E-state index in [2.05, 4.69) is 15.6 Å². The van der Waals surface area contributed by atoms with Crippen molar-refractivity contribution < 1.29 is 19.2 Å². The summed E-state index contributed by atoms with van der Waals surface area (Å²) in [6, 6.07) is 29.1. The number of anilines is 1. The lowest BCUT2D eigenvalue weighted by molar-refractivity contribution is -0.385. The van der Waals surface area contributed by atoms with Gasteiger partial charge in [-0.05, 0) is 42.0 Å². The number of nitrogens with zero attached hydrogens (tertiary/aromatic N) is 5. The first-order chi connectivity index (χ1) is 21.3.